The molecule has 0 unspecified atom stereocenters. The first-order valence-electron chi connectivity index (χ1n) is 9.99. The van der Waals surface area contributed by atoms with E-state index < -0.39 is 5.72 Å². The fourth-order valence-electron chi connectivity index (χ4n) is 4.95. The number of rotatable bonds is 3. The zero-order valence-corrected chi connectivity index (χ0v) is 16.6. The first kappa shape index (κ1) is 18.2. The van der Waals surface area contributed by atoms with Crippen LogP contribution in [0.5, 0.6) is 5.75 Å². The van der Waals surface area contributed by atoms with E-state index >= 15 is 0 Å². The van der Waals surface area contributed by atoms with Crippen molar-refractivity contribution in [3.8, 4) is 11.4 Å². The van der Waals surface area contributed by atoms with Crippen LogP contribution in [0.4, 0.5) is 0 Å². The molecule has 3 aliphatic rings. The van der Waals surface area contributed by atoms with E-state index in [1.165, 1.54) is 0 Å². The van der Waals surface area contributed by atoms with E-state index in [9.17, 15) is 9.59 Å². The number of likely N-dealkylation sites (tertiary alicyclic amines) is 1. The Morgan fingerprint density at radius 2 is 2.07 bits per heavy atom. The van der Waals surface area contributed by atoms with Crippen molar-refractivity contribution in [2.24, 2.45) is 0 Å². The lowest BCUT2D eigenvalue weighted by Crippen LogP contribution is -2.56. The number of methoxy groups -OCH3 is 1. The average Bonchev–Trinajstić information content (AvgIpc) is 3.37. The first-order valence-corrected chi connectivity index (χ1v) is 9.99. The summed E-state index contributed by atoms with van der Waals surface area (Å²) in [6.07, 6.45) is 3.46. The molecule has 3 fully saturated rings. The Labute approximate surface area is 169 Å². The third-order valence-corrected chi connectivity index (χ3v) is 6.43. The highest BCUT2D eigenvalue weighted by Crippen LogP contribution is 2.45. The number of hydrogen-bond acceptors (Lipinski definition) is 5. The Hall–Kier alpha value is -2.87. The fourth-order valence-corrected chi connectivity index (χ4v) is 4.95. The number of nitrogens with zero attached hydrogens (tertiary/aromatic N) is 4. The molecular weight excluding hydrogens is 372 g/mol. The van der Waals surface area contributed by atoms with Crippen LogP contribution < -0.4 is 4.74 Å². The molecule has 29 heavy (non-hydrogen) atoms. The highest BCUT2D eigenvalue weighted by atomic mass is 16.5. The first-order chi connectivity index (χ1) is 14.0. The number of ether oxygens (including phenoxy) is 2. The predicted octanol–water partition coefficient (Wildman–Crippen LogP) is 1.75. The van der Waals surface area contributed by atoms with Gasteiger partial charge in [0.25, 0.3) is 5.91 Å². The topological polar surface area (TPSA) is 76.9 Å². The highest BCUT2D eigenvalue weighted by Gasteiger charge is 2.61. The van der Waals surface area contributed by atoms with E-state index in [0.717, 1.165) is 23.6 Å². The number of aromatic nitrogens is 2. The summed E-state index contributed by atoms with van der Waals surface area (Å²) in [5.41, 5.74) is 1.55. The van der Waals surface area contributed by atoms with Crippen molar-refractivity contribution in [2.45, 2.75) is 38.0 Å². The van der Waals surface area contributed by atoms with Crippen LogP contribution in [-0.4, -0.2) is 70.0 Å². The van der Waals surface area contributed by atoms with E-state index in [-0.39, 0.29) is 17.9 Å². The lowest BCUT2D eigenvalue weighted by atomic mass is 10.0. The summed E-state index contributed by atoms with van der Waals surface area (Å²) in [6, 6.07) is 7.30. The maximum absolute atomic E-state index is 13.4. The van der Waals surface area contributed by atoms with Crippen molar-refractivity contribution in [3.63, 3.8) is 0 Å². The van der Waals surface area contributed by atoms with Crippen molar-refractivity contribution in [1.29, 1.82) is 0 Å². The third kappa shape index (κ3) is 2.58. The molecule has 5 rings (SSSR count). The number of benzene rings is 1. The molecule has 1 aromatic carbocycles. The van der Waals surface area contributed by atoms with Crippen LogP contribution >= 0.6 is 0 Å². The van der Waals surface area contributed by atoms with Gasteiger partial charge in [0.05, 0.1) is 49.3 Å². The molecule has 2 atom stereocenters. The van der Waals surface area contributed by atoms with Crippen LogP contribution in [0.3, 0.4) is 0 Å². The lowest BCUT2D eigenvalue weighted by Gasteiger charge is -2.42. The van der Waals surface area contributed by atoms with Gasteiger partial charge in [0.1, 0.15) is 5.75 Å². The van der Waals surface area contributed by atoms with Gasteiger partial charge in [-0.05, 0) is 37.6 Å². The van der Waals surface area contributed by atoms with Crippen LogP contribution in [0.2, 0.25) is 0 Å². The maximum Gasteiger partial charge on any atom is 0.257 e. The Bertz CT molecular complexity index is 970. The molecule has 8 heteroatoms. The Morgan fingerprint density at radius 3 is 2.83 bits per heavy atom. The normalized spacial score (nSPS) is 25.9. The molecule has 8 nitrogen and oxygen atoms in total. The number of carbonyl (C=O) groups is 2. The van der Waals surface area contributed by atoms with Crippen LogP contribution in [0.15, 0.2) is 30.5 Å². The molecule has 0 saturated carbocycles. The lowest BCUT2D eigenvalue weighted by molar-refractivity contribution is -0.179. The summed E-state index contributed by atoms with van der Waals surface area (Å²) in [4.78, 5) is 29.6. The van der Waals surface area contributed by atoms with Gasteiger partial charge >= 0.3 is 0 Å². The molecule has 4 heterocycles. The summed E-state index contributed by atoms with van der Waals surface area (Å²) in [5, 5.41) is 4.43. The van der Waals surface area contributed by atoms with E-state index in [0.29, 0.717) is 38.1 Å². The summed E-state index contributed by atoms with van der Waals surface area (Å²) in [5.74, 6) is 0.756. The minimum atomic E-state index is -0.634. The predicted molar refractivity (Wildman–Crippen MR) is 104 cm³/mol. The van der Waals surface area contributed by atoms with E-state index in [2.05, 4.69) is 5.10 Å². The van der Waals surface area contributed by atoms with Gasteiger partial charge in [-0.1, -0.05) is 0 Å². The van der Waals surface area contributed by atoms with E-state index in [4.69, 9.17) is 9.47 Å². The second-order valence-corrected chi connectivity index (χ2v) is 7.81. The van der Waals surface area contributed by atoms with Gasteiger partial charge in [-0.3, -0.25) is 9.59 Å². The number of hydrogen-bond donors (Lipinski definition) is 0. The summed E-state index contributed by atoms with van der Waals surface area (Å²) < 4.78 is 13.1. The Morgan fingerprint density at radius 1 is 1.28 bits per heavy atom. The molecule has 0 aliphatic carbocycles. The zero-order valence-electron chi connectivity index (χ0n) is 16.6. The smallest absolute Gasteiger partial charge is 0.257 e. The van der Waals surface area contributed by atoms with Gasteiger partial charge in [-0.15, -0.1) is 0 Å². The second-order valence-electron chi connectivity index (χ2n) is 7.81. The fraction of sp³-hybridized carbons (Fsp3) is 0.476. The molecule has 3 aliphatic heterocycles. The average molecular weight is 396 g/mol. The minimum Gasteiger partial charge on any atom is -0.497 e. The minimum absolute atomic E-state index is 0.0813. The largest absolute Gasteiger partial charge is 0.497 e. The SMILES string of the molecule is COc1ccc(-n2ncc(C(=O)N3CC[C@@]45OCCCN4C(=O)C[C@@H]35)c2C)cc1. The highest BCUT2D eigenvalue weighted by molar-refractivity contribution is 5.96. The van der Waals surface area contributed by atoms with Crippen LogP contribution in [-0.2, 0) is 9.53 Å². The van der Waals surface area contributed by atoms with Crippen molar-refractivity contribution in [3.05, 3.63) is 41.7 Å². The molecule has 1 spiro atoms. The summed E-state index contributed by atoms with van der Waals surface area (Å²) in [6.45, 7) is 3.82. The van der Waals surface area contributed by atoms with Gasteiger partial charge in [-0.2, -0.15) is 5.10 Å². The Balaban J connectivity index is 1.43. The monoisotopic (exact) mass is 396 g/mol. The number of carbonyl (C=O) groups excluding carboxylic acids is 2. The summed E-state index contributed by atoms with van der Waals surface area (Å²) >= 11 is 0. The summed E-state index contributed by atoms with van der Waals surface area (Å²) in [7, 11) is 1.62. The van der Waals surface area contributed by atoms with Crippen molar-refractivity contribution >= 4 is 11.8 Å². The standard InChI is InChI=1S/C21H24N4O4/c1-14-17(13-22-25(14)15-4-6-16(28-2)7-5-15)20(27)23-10-8-21-18(23)12-19(26)24(21)9-3-11-29-21/h4-7,13,18H,3,8-12H2,1-2H3/t18-,21+/m1/s1. The molecule has 0 bridgehead atoms. The van der Waals surface area contributed by atoms with Crippen molar-refractivity contribution in [2.75, 3.05) is 26.8 Å². The molecule has 1 aromatic heterocycles. The molecule has 3 saturated heterocycles. The second kappa shape index (κ2) is 6.59. The Kier molecular flexibility index (Phi) is 4.13. The molecule has 2 amide bonds. The quantitative estimate of drug-likeness (QED) is 0.790. The molecule has 2 aromatic rings. The molecule has 152 valence electrons. The molecule has 0 N–H and O–H groups in total. The third-order valence-electron chi connectivity index (χ3n) is 6.43. The maximum atomic E-state index is 13.4. The number of amides is 2. The van der Waals surface area contributed by atoms with Crippen molar-refractivity contribution < 1.29 is 19.1 Å². The zero-order chi connectivity index (χ0) is 20.2. The van der Waals surface area contributed by atoms with Gasteiger partial charge in [0, 0.05) is 19.5 Å². The van der Waals surface area contributed by atoms with Gasteiger partial charge < -0.3 is 19.3 Å². The van der Waals surface area contributed by atoms with E-state index in [1.54, 1.807) is 18.0 Å². The molecular formula is C21H24N4O4. The van der Waals surface area contributed by atoms with Gasteiger partial charge in [0.2, 0.25) is 5.91 Å². The van der Waals surface area contributed by atoms with Crippen molar-refractivity contribution in [1.82, 2.24) is 19.6 Å². The van der Waals surface area contributed by atoms with Crippen LogP contribution in [0.1, 0.15) is 35.3 Å². The van der Waals surface area contributed by atoms with E-state index in [1.807, 2.05) is 41.0 Å². The van der Waals surface area contributed by atoms with Crippen LogP contribution in [0, 0.1) is 6.92 Å². The van der Waals surface area contributed by atoms with Crippen LogP contribution in [0.25, 0.3) is 5.69 Å². The van der Waals surface area contributed by atoms with Gasteiger partial charge in [0.15, 0.2) is 5.72 Å². The van der Waals surface area contributed by atoms with Gasteiger partial charge in [-0.25, -0.2) is 4.68 Å². The molecule has 0 radical (unpaired) electrons.